The summed E-state index contributed by atoms with van der Waals surface area (Å²) in [4.78, 5) is 11.2. The Balaban J connectivity index is 1.96. The van der Waals surface area contributed by atoms with Crippen molar-refractivity contribution in [3.63, 3.8) is 0 Å². The van der Waals surface area contributed by atoms with Crippen molar-refractivity contribution in [1.29, 1.82) is 0 Å². The number of hydrogen-bond acceptors (Lipinski definition) is 5. The summed E-state index contributed by atoms with van der Waals surface area (Å²) in [6.07, 6.45) is 1.94. The number of aliphatic hydroxyl groups is 1. The molecule has 0 saturated heterocycles. The van der Waals surface area contributed by atoms with Gasteiger partial charge in [-0.05, 0) is 12.8 Å². The maximum absolute atomic E-state index is 11.2. The fourth-order valence-corrected chi connectivity index (χ4v) is 1.52. The minimum absolute atomic E-state index is 0.0145. The van der Waals surface area contributed by atoms with Crippen molar-refractivity contribution < 1.29 is 9.90 Å². The van der Waals surface area contributed by atoms with E-state index in [0.717, 1.165) is 12.8 Å². The van der Waals surface area contributed by atoms with Gasteiger partial charge in [-0.15, -0.1) is 10.2 Å². The Labute approximate surface area is 78.8 Å². The van der Waals surface area contributed by atoms with E-state index in [1.807, 2.05) is 0 Å². The van der Waals surface area contributed by atoms with Crippen LogP contribution < -0.4 is 5.32 Å². The molecule has 5 nitrogen and oxygen atoms in total. The van der Waals surface area contributed by atoms with Crippen LogP contribution in [0.1, 0.15) is 17.8 Å². The van der Waals surface area contributed by atoms with Gasteiger partial charge in [0.15, 0.2) is 0 Å². The SMILES string of the molecule is O=C(Nc1nnc(CO)s1)C1CC1. The molecule has 1 heterocycles. The van der Waals surface area contributed by atoms with Crippen LogP contribution in [-0.4, -0.2) is 21.2 Å². The molecule has 0 bridgehead atoms. The number of rotatable bonds is 3. The van der Waals surface area contributed by atoms with E-state index in [4.69, 9.17) is 5.11 Å². The summed E-state index contributed by atoms with van der Waals surface area (Å²) >= 11 is 1.20. The summed E-state index contributed by atoms with van der Waals surface area (Å²) in [6, 6.07) is 0. The van der Waals surface area contributed by atoms with Gasteiger partial charge in [0.1, 0.15) is 5.01 Å². The Hall–Kier alpha value is -1.01. The molecule has 70 valence electrons. The van der Waals surface area contributed by atoms with Crippen molar-refractivity contribution in [1.82, 2.24) is 10.2 Å². The van der Waals surface area contributed by atoms with Crippen LogP contribution in [-0.2, 0) is 11.4 Å². The fourth-order valence-electron chi connectivity index (χ4n) is 0.921. The van der Waals surface area contributed by atoms with Crippen LogP contribution in [0.25, 0.3) is 0 Å². The Morgan fingerprint density at radius 1 is 1.62 bits per heavy atom. The Kier molecular flexibility index (Phi) is 2.24. The highest BCUT2D eigenvalue weighted by molar-refractivity contribution is 7.15. The van der Waals surface area contributed by atoms with Crippen molar-refractivity contribution in [2.24, 2.45) is 5.92 Å². The number of hydrogen-bond donors (Lipinski definition) is 2. The lowest BCUT2D eigenvalue weighted by Gasteiger charge is -1.95. The van der Waals surface area contributed by atoms with Crippen molar-refractivity contribution in [3.8, 4) is 0 Å². The summed E-state index contributed by atoms with van der Waals surface area (Å²) in [7, 11) is 0. The molecule has 0 unspecified atom stereocenters. The van der Waals surface area contributed by atoms with Gasteiger partial charge in [0.25, 0.3) is 0 Å². The first kappa shape index (κ1) is 8.58. The number of amides is 1. The van der Waals surface area contributed by atoms with E-state index in [1.165, 1.54) is 11.3 Å². The highest BCUT2D eigenvalue weighted by Gasteiger charge is 2.30. The highest BCUT2D eigenvalue weighted by atomic mass is 32.1. The fraction of sp³-hybridized carbons (Fsp3) is 0.571. The first-order valence-electron chi connectivity index (χ1n) is 4.03. The van der Waals surface area contributed by atoms with Gasteiger partial charge in [0, 0.05) is 5.92 Å². The monoisotopic (exact) mass is 199 g/mol. The molecule has 0 spiro atoms. The van der Waals surface area contributed by atoms with E-state index >= 15 is 0 Å². The summed E-state index contributed by atoms with van der Waals surface area (Å²) in [6.45, 7) is -0.128. The van der Waals surface area contributed by atoms with Gasteiger partial charge in [-0.1, -0.05) is 11.3 Å². The van der Waals surface area contributed by atoms with Crippen LogP contribution in [0.5, 0.6) is 0 Å². The zero-order chi connectivity index (χ0) is 9.26. The van der Waals surface area contributed by atoms with Crippen LogP contribution in [0.3, 0.4) is 0 Å². The normalized spacial score (nSPS) is 15.8. The lowest BCUT2D eigenvalue weighted by Crippen LogP contribution is -2.12. The zero-order valence-corrected chi connectivity index (χ0v) is 7.67. The van der Waals surface area contributed by atoms with Gasteiger partial charge >= 0.3 is 0 Å². The number of aromatic nitrogens is 2. The third-order valence-corrected chi connectivity index (χ3v) is 2.60. The topological polar surface area (TPSA) is 75.1 Å². The van der Waals surface area contributed by atoms with Crippen molar-refractivity contribution >= 4 is 22.4 Å². The molecule has 0 radical (unpaired) electrons. The molecule has 0 aliphatic heterocycles. The number of nitrogens with zero attached hydrogens (tertiary/aromatic N) is 2. The van der Waals surface area contributed by atoms with Crippen LogP contribution in [0.2, 0.25) is 0 Å². The van der Waals surface area contributed by atoms with Crippen LogP contribution in [0.4, 0.5) is 5.13 Å². The van der Waals surface area contributed by atoms with E-state index in [-0.39, 0.29) is 18.4 Å². The van der Waals surface area contributed by atoms with Crippen LogP contribution in [0.15, 0.2) is 0 Å². The molecule has 2 N–H and O–H groups in total. The molecule has 13 heavy (non-hydrogen) atoms. The minimum atomic E-state index is -0.128. The molecule has 2 rings (SSSR count). The van der Waals surface area contributed by atoms with Crippen molar-refractivity contribution in [2.75, 3.05) is 5.32 Å². The second-order valence-corrected chi connectivity index (χ2v) is 3.98. The van der Waals surface area contributed by atoms with Gasteiger partial charge in [-0.2, -0.15) is 0 Å². The number of anilines is 1. The molecular weight excluding hydrogens is 190 g/mol. The van der Waals surface area contributed by atoms with Gasteiger partial charge in [-0.3, -0.25) is 4.79 Å². The van der Waals surface area contributed by atoms with Gasteiger partial charge in [0.2, 0.25) is 11.0 Å². The van der Waals surface area contributed by atoms with E-state index in [9.17, 15) is 4.79 Å². The molecule has 1 aliphatic rings. The lowest BCUT2D eigenvalue weighted by molar-refractivity contribution is -0.117. The standard InChI is InChI=1S/C7H9N3O2S/c11-3-5-9-10-7(13-5)8-6(12)4-1-2-4/h4,11H,1-3H2,(H,8,10,12). The van der Waals surface area contributed by atoms with Crippen molar-refractivity contribution in [3.05, 3.63) is 5.01 Å². The smallest absolute Gasteiger partial charge is 0.229 e. The number of aliphatic hydroxyl groups excluding tert-OH is 1. The summed E-state index contributed by atoms with van der Waals surface area (Å²) in [5.74, 6) is 0.183. The molecule has 1 aromatic rings. The molecule has 0 atom stereocenters. The van der Waals surface area contributed by atoms with Gasteiger partial charge in [0.05, 0.1) is 6.61 Å². The summed E-state index contributed by atoms with van der Waals surface area (Å²) < 4.78 is 0. The molecule has 1 saturated carbocycles. The Morgan fingerprint density at radius 2 is 2.38 bits per heavy atom. The minimum Gasteiger partial charge on any atom is -0.389 e. The number of carbonyl (C=O) groups excluding carboxylic acids is 1. The van der Waals surface area contributed by atoms with E-state index in [1.54, 1.807) is 0 Å². The van der Waals surface area contributed by atoms with Crippen LogP contribution in [0, 0.1) is 5.92 Å². The van der Waals surface area contributed by atoms with Gasteiger partial charge in [-0.25, -0.2) is 0 Å². The Morgan fingerprint density at radius 3 is 2.92 bits per heavy atom. The van der Waals surface area contributed by atoms with Gasteiger partial charge < -0.3 is 10.4 Å². The molecule has 1 fully saturated rings. The molecule has 1 aliphatic carbocycles. The average molecular weight is 199 g/mol. The van der Waals surface area contributed by atoms with Crippen LogP contribution >= 0.6 is 11.3 Å². The predicted octanol–water partition coefficient (Wildman–Crippen LogP) is 0.379. The van der Waals surface area contributed by atoms with E-state index in [0.29, 0.717) is 10.1 Å². The maximum Gasteiger partial charge on any atom is 0.229 e. The molecular formula is C7H9N3O2S. The van der Waals surface area contributed by atoms with Crippen molar-refractivity contribution in [2.45, 2.75) is 19.4 Å². The van der Waals surface area contributed by atoms with E-state index in [2.05, 4.69) is 15.5 Å². The summed E-state index contributed by atoms with van der Waals surface area (Å²) in [5, 5.41) is 19.7. The maximum atomic E-state index is 11.2. The molecule has 1 aromatic heterocycles. The van der Waals surface area contributed by atoms with E-state index < -0.39 is 0 Å². The third-order valence-electron chi connectivity index (χ3n) is 1.78. The predicted molar refractivity (Wildman–Crippen MR) is 47.2 cm³/mol. The lowest BCUT2D eigenvalue weighted by atomic mass is 10.4. The molecule has 1 amide bonds. The highest BCUT2D eigenvalue weighted by Crippen LogP contribution is 2.30. The first-order chi connectivity index (χ1) is 6.29. The largest absolute Gasteiger partial charge is 0.389 e. The third kappa shape index (κ3) is 2.02. The molecule has 6 heteroatoms. The second kappa shape index (κ2) is 3.39. The number of carbonyl (C=O) groups is 1. The second-order valence-electron chi connectivity index (χ2n) is 2.92. The number of nitrogens with one attached hydrogen (secondary N) is 1. The molecule has 0 aromatic carbocycles. The quantitative estimate of drug-likeness (QED) is 0.738. The Bertz CT molecular complexity index is 321. The summed E-state index contributed by atoms with van der Waals surface area (Å²) in [5.41, 5.74) is 0. The zero-order valence-electron chi connectivity index (χ0n) is 6.86. The first-order valence-corrected chi connectivity index (χ1v) is 4.85. The average Bonchev–Trinajstić information content (AvgIpc) is 2.88.